The van der Waals surface area contributed by atoms with Gasteiger partial charge in [0, 0.05) is 19.1 Å². The van der Waals surface area contributed by atoms with Crippen LogP contribution in [0.25, 0.3) is 0 Å². The number of nitrogens with two attached hydrogens (primary N) is 1. The van der Waals surface area contributed by atoms with Crippen LogP contribution in [0.3, 0.4) is 0 Å². The SMILES string of the molecule is Cc1cc(C)c(S(=O)(=O)N2CCCC2C(=O)N2CC(CN)CC2C)c(C)c1.Cl. The summed E-state index contributed by atoms with van der Waals surface area (Å²) in [6.07, 6.45) is 2.18. The van der Waals surface area contributed by atoms with E-state index in [9.17, 15) is 13.2 Å². The van der Waals surface area contributed by atoms with Gasteiger partial charge in [-0.2, -0.15) is 4.31 Å². The second kappa shape index (κ2) is 8.69. The van der Waals surface area contributed by atoms with Gasteiger partial charge in [0.25, 0.3) is 0 Å². The number of carbonyl (C=O) groups is 1. The standard InChI is InChI=1S/C20H31N3O3S.ClH/c1-13-8-14(2)19(15(3)9-13)27(25,26)23-7-5-6-18(23)20(24)22-12-17(11-21)10-16(22)4;/h8-9,16-18H,5-7,10-12,21H2,1-4H3;1H. The number of nitrogens with zero attached hydrogens (tertiary/aromatic N) is 2. The molecule has 0 aromatic heterocycles. The zero-order valence-electron chi connectivity index (χ0n) is 17.1. The predicted octanol–water partition coefficient (Wildman–Crippen LogP) is 2.38. The average Bonchev–Trinajstić information content (AvgIpc) is 3.19. The van der Waals surface area contributed by atoms with E-state index in [4.69, 9.17) is 5.73 Å². The fourth-order valence-corrected chi connectivity index (χ4v) is 6.84. The maximum Gasteiger partial charge on any atom is 0.244 e. The molecule has 2 aliphatic heterocycles. The Morgan fingerprint density at radius 3 is 2.36 bits per heavy atom. The number of likely N-dealkylation sites (tertiary alicyclic amines) is 1. The van der Waals surface area contributed by atoms with Crippen molar-refractivity contribution in [2.24, 2.45) is 11.7 Å². The van der Waals surface area contributed by atoms with Crippen molar-refractivity contribution in [2.75, 3.05) is 19.6 Å². The zero-order valence-corrected chi connectivity index (χ0v) is 18.8. The number of sulfonamides is 1. The summed E-state index contributed by atoms with van der Waals surface area (Å²) in [5.41, 5.74) is 8.30. The van der Waals surface area contributed by atoms with Crippen molar-refractivity contribution >= 4 is 28.3 Å². The molecule has 0 bridgehead atoms. The summed E-state index contributed by atoms with van der Waals surface area (Å²) in [6.45, 7) is 9.22. The molecule has 8 heteroatoms. The Balaban J connectivity index is 0.00000280. The van der Waals surface area contributed by atoms with Gasteiger partial charge in [0.1, 0.15) is 6.04 Å². The molecule has 2 saturated heterocycles. The normalized spacial score (nSPS) is 25.8. The lowest BCUT2D eigenvalue weighted by molar-refractivity contribution is -0.135. The third kappa shape index (κ3) is 4.08. The van der Waals surface area contributed by atoms with Crippen LogP contribution < -0.4 is 5.73 Å². The molecule has 2 heterocycles. The molecule has 0 radical (unpaired) electrons. The quantitative estimate of drug-likeness (QED) is 0.796. The third-order valence-corrected chi connectivity index (χ3v) is 8.15. The lowest BCUT2D eigenvalue weighted by Gasteiger charge is -2.30. The monoisotopic (exact) mass is 429 g/mol. The first-order valence-corrected chi connectivity index (χ1v) is 11.2. The van der Waals surface area contributed by atoms with Gasteiger partial charge in [-0.25, -0.2) is 8.42 Å². The van der Waals surface area contributed by atoms with Gasteiger partial charge in [-0.05, 0) is 70.5 Å². The topological polar surface area (TPSA) is 83.7 Å². The van der Waals surface area contributed by atoms with Gasteiger partial charge in [-0.1, -0.05) is 17.7 Å². The second-order valence-corrected chi connectivity index (χ2v) is 10.0. The molecule has 2 fully saturated rings. The van der Waals surface area contributed by atoms with Crippen molar-refractivity contribution in [3.63, 3.8) is 0 Å². The van der Waals surface area contributed by atoms with Crippen LogP contribution in [0.15, 0.2) is 17.0 Å². The van der Waals surface area contributed by atoms with Crippen LogP contribution in [0.5, 0.6) is 0 Å². The van der Waals surface area contributed by atoms with Crippen LogP contribution in [0.2, 0.25) is 0 Å². The molecule has 2 aliphatic rings. The van der Waals surface area contributed by atoms with Gasteiger partial charge < -0.3 is 10.6 Å². The highest BCUT2D eigenvalue weighted by molar-refractivity contribution is 7.89. The summed E-state index contributed by atoms with van der Waals surface area (Å²) < 4.78 is 28.3. The molecule has 3 unspecified atom stereocenters. The molecular formula is C20H32ClN3O3S. The number of hydrogen-bond donors (Lipinski definition) is 1. The Labute approximate surface area is 174 Å². The number of halogens is 1. The van der Waals surface area contributed by atoms with Crippen LogP contribution in [-0.2, 0) is 14.8 Å². The molecule has 0 saturated carbocycles. The number of benzene rings is 1. The van der Waals surface area contributed by atoms with Gasteiger partial charge in [-0.15, -0.1) is 12.4 Å². The van der Waals surface area contributed by atoms with Crippen LogP contribution in [0.4, 0.5) is 0 Å². The maximum atomic E-state index is 13.5. The first-order valence-electron chi connectivity index (χ1n) is 9.77. The van der Waals surface area contributed by atoms with Gasteiger partial charge >= 0.3 is 0 Å². The minimum Gasteiger partial charge on any atom is -0.338 e. The molecule has 0 aliphatic carbocycles. The van der Waals surface area contributed by atoms with Crippen LogP contribution >= 0.6 is 12.4 Å². The fourth-order valence-electron chi connectivity index (χ4n) is 4.78. The summed E-state index contributed by atoms with van der Waals surface area (Å²) >= 11 is 0. The second-order valence-electron chi connectivity index (χ2n) is 8.18. The number of carbonyl (C=O) groups excluding carboxylic acids is 1. The summed E-state index contributed by atoms with van der Waals surface area (Å²) in [5.74, 6) is 0.235. The van der Waals surface area contributed by atoms with Gasteiger partial charge in [0.2, 0.25) is 15.9 Å². The molecule has 28 heavy (non-hydrogen) atoms. The third-order valence-electron chi connectivity index (χ3n) is 5.94. The molecule has 6 nitrogen and oxygen atoms in total. The minimum atomic E-state index is -3.72. The van der Waals surface area contributed by atoms with Crippen molar-refractivity contribution < 1.29 is 13.2 Å². The van der Waals surface area contributed by atoms with Gasteiger partial charge in [-0.3, -0.25) is 4.79 Å². The van der Waals surface area contributed by atoms with Crippen LogP contribution in [0.1, 0.15) is 42.9 Å². The Hall–Kier alpha value is -1.15. The number of rotatable bonds is 4. The fraction of sp³-hybridized carbons (Fsp3) is 0.650. The van der Waals surface area contributed by atoms with Crippen molar-refractivity contribution in [1.29, 1.82) is 0 Å². The van der Waals surface area contributed by atoms with Gasteiger partial charge in [0.15, 0.2) is 0 Å². The summed E-state index contributed by atoms with van der Waals surface area (Å²) in [4.78, 5) is 15.4. The van der Waals surface area contributed by atoms with E-state index in [0.29, 0.717) is 43.3 Å². The van der Waals surface area contributed by atoms with Gasteiger partial charge in [0.05, 0.1) is 4.90 Å². The van der Waals surface area contributed by atoms with E-state index >= 15 is 0 Å². The van der Waals surface area contributed by atoms with Crippen molar-refractivity contribution in [3.8, 4) is 0 Å². The molecule has 2 N–H and O–H groups in total. The molecule has 158 valence electrons. The van der Waals surface area contributed by atoms with Crippen LogP contribution in [-0.4, -0.2) is 55.2 Å². The van der Waals surface area contributed by atoms with E-state index in [1.54, 1.807) is 0 Å². The number of hydrogen-bond acceptors (Lipinski definition) is 4. The Kier molecular flexibility index (Phi) is 7.18. The van der Waals surface area contributed by atoms with E-state index in [2.05, 4.69) is 0 Å². The molecule has 3 rings (SSSR count). The van der Waals surface area contributed by atoms with Crippen molar-refractivity contribution in [3.05, 3.63) is 28.8 Å². The largest absolute Gasteiger partial charge is 0.338 e. The lowest BCUT2D eigenvalue weighted by Crippen LogP contribution is -2.49. The molecular weight excluding hydrogens is 398 g/mol. The Morgan fingerprint density at radius 1 is 1.21 bits per heavy atom. The summed E-state index contributed by atoms with van der Waals surface area (Å²) in [6, 6.07) is 3.29. The first kappa shape index (κ1) is 23.1. The molecule has 0 spiro atoms. The van der Waals surface area contributed by atoms with Crippen molar-refractivity contribution in [1.82, 2.24) is 9.21 Å². The Bertz CT molecular complexity index is 820. The molecule has 1 aromatic rings. The van der Waals surface area contributed by atoms with E-state index in [1.165, 1.54) is 4.31 Å². The number of amides is 1. The maximum absolute atomic E-state index is 13.5. The van der Waals surface area contributed by atoms with E-state index < -0.39 is 16.1 Å². The minimum absolute atomic E-state index is 0. The smallest absolute Gasteiger partial charge is 0.244 e. The first-order chi connectivity index (χ1) is 12.7. The molecule has 1 amide bonds. The van der Waals surface area contributed by atoms with Crippen LogP contribution in [0, 0.1) is 26.7 Å². The molecule has 1 aromatic carbocycles. The average molecular weight is 430 g/mol. The highest BCUT2D eigenvalue weighted by atomic mass is 35.5. The zero-order chi connectivity index (χ0) is 19.9. The predicted molar refractivity (Wildman–Crippen MR) is 113 cm³/mol. The summed E-state index contributed by atoms with van der Waals surface area (Å²) in [7, 11) is -3.72. The van der Waals surface area contributed by atoms with E-state index in [-0.39, 0.29) is 24.4 Å². The molecule has 3 atom stereocenters. The summed E-state index contributed by atoms with van der Waals surface area (Å²) in [5, 5.41) is 0. The Morgan fingerprint density at radius 2 is 1.82 bits per heavy atom. The highest BCUT2D eigenvalue weighted by Gasteiger charge is 2.44. The number of aryl methyl sites for hydroxylation is 3. The highest BCUT2D eigenvalue weighted by Crippen LogP contribution is 2.33. The van der Waals surface area contributed by atoms with E-state index in [0.717, 1.165) is 23.1 Å². The van der Waals surface area contributed by atoms with E-state index in [1.807, 2.05) is 44.7 Å². The van der Waals surface area contributed by atoms with Crippen molar-refractivity contribution in [2.45, 2.75) is 63.9 Å². The lowest BCUT2D eigenvalue weighted by atomic mass is 10.1.